The first-order valence-corrected chi connectivity index (χ1v) is 19.6. The second kappa shape index (κ2) is 17.1. The maximum atomic E-state index is 13.5. The number of benzene rings is 2. The Morgan fingerprint density at radius 1 is 1.02 bits per heavy atom. The van der Waals surface area contributed by atoms with Crippen LogP contribution in [0.25, 0.3) is 10.9 Å². The van der Waals surface area contributed by atoms with E-state index in [1.54, 1.807) is 41.1 Å². The average Bonchev–Trinajstić information content (AvgIpc) is 3.52. The molecule has 3 aliphatic heterocycles. The SMILES string of the molecule is Cn1nc(N2CCC(=O)NC2=O)c2ccc(C3CCN(CC(=N)/C=C\C(=N)c4cccc(S(=O)N5CCC(Nc6ncc(OC(F)F)cn6)CC5)c4)CC3)cc21. The van der Waals surface area contributed by atoms with Crippen molar-refractivity contribution in [1.29, 1.82) is 10.8 Å². The van der Waals surface area contributed by atoms with E-state index in [2.05, 4.69) is 47.5 Å². The van der Waals surface area contributed by atoms with Crippen molar-refractivity contribution in [3.8, 4) is 5.75 Å². The van der Waals surface area contributed by atoms with Crippen molar-refractivity contribution in [3.63, 3.8) is 0 Å². The van der Waals surface area contributed by atoms with Gasteiger partial charge in [0.1, 0.15) is 11.0 Å². The number of piperidine rings is 2. The molecule has 0 aliphatic carbocycles. The predicted molar refractivity (Wildman–Crippen MR) is 208 cm³/mol. The van der Waals surface area contributed by atoms with E-state index in [4.69, 9.17) is 10.8 Å². The number of urea groups is 1. The second-order valence-corrected chi connectivity index (χ2v) is 15.5. The maximum Gasteiger partial charge on any atom is 0.387 e. The lowest BCUT2D eigenvalue weighted by Gasteiger charge is -2.32. The van der Waals surface area contributed by atoms with Gasteiger partial charge in [0.25, 0.3) is 0 Å². The second-order valence-electron chi connectivity index (χ2n) is 14.0. The Bertz CT molecular complexity index is 2160. The summed E-state index contributed by atoms with van der Waals surface area (Å²) in [5.41, 5.74) is 3.37. The number of anilines is 2. The molecule has 2 aromatic carbocycles. The van der Waals surface area contributed by atoms with Crippen molar-refractivity contribution >= 4 is 57.0 Å². The number of ether oxygens (including phenoxy) is 1. The van der Waals surface area contributed by atoms with Crippen molar-refractivity contribution in [1.82, 2.24) is 34.3 Å². The summed E-state index contributed by atoms with van der Waals surface area (Å²) in [6.07, 6.45) is 9.11. The molecule has 3 fully saturated rings. The number of allylic oxidation sites excluding steroid dienone is 1. The number of carbonyl (C=O) groups excluding carboxylic acids is 2. The van der Waals surface area contributed by atoms with Crippen LogP contribution in [-0.2, 0) is 22.8 Å². The van der Waals surface area contributed by atoms with Crippen molar-refractivity contribution < 1.29 is 27.3 Å². The fourth-order valence-corrected chi connectivity index (χ4v) is 8.56. The summed E-state index contributed by atoms with van der Waals surface area (Å²) in [5.74, 6) is 0.804. The third-order valence-corrected chi connectivity index (χ3v) is 11.8. The zero-order valence-corrected chi connectivity index (χ0v) is 31.6. The van der Waals surface area contributed by atoms with Gasteiger partial charge < -0.3 is 20.9 Å². The molecule has 3 amide bonds. The van der Waals surface area contributed by atoms with Gasteiger partial charge in [-0.15, -0.1) is 0 Å². The highest BCUT2D eigenvalue weighted by atomic mass is 32.2. The number of amides is 3. The molecule has 294 valence electrons. The number of likely N-dealkylation sites (tertiary alicyclic amines) is 1. The average molecular weight is 788 g/mol. The molecule has 1 unspecified atom stereocenters. The van der Waals surface area contributed by atoms with E-state index < -0.39 is 23.6 Å². The number of nitrogens with zero attached hydrogens (tertiary/aromatic N) is 7. The van der Waals surface area contributed by atoms with Crippen LogP contribution in [0.15, 0.2) is 71.9 Å². The van der Waals surface area contributed by atoms with Gasteiger partial charge in [-0.1, -0.05) is 18.2 Å². The van der Waals surface area contributed by atoms with Gasteiger partial charge in [0.2, 0.25) is 11.9 Å². The molecule has 4 aromatic rings. The van der Waals surface area contributed by atoms with E-state index in [1.807, 2.05) is 17.4 Å². The van der Waals surface area contributed by atoms with Crippen molar-refractivity contribution in [2.24, 2.45) is 7.05 Å². The monoisotopic (exact) mass is 787 g/mol. The van der Waals surface area contributed by atoms with Crippen molar-refractivity contribution in [2.75, 3.05) is 49.5 Å². The highest BCUT2D eigenvalue weighted by Gasteiger charge is 2.29. The summed E-state index contributed by atoms with van der Waals surface area (Å²) in [4.78, 5) is 36.5. The summed E-state index contributed by atoms with van der Waals surface area (Å²) in [6, 6.07) is 12.9. The van der Waals surface area contributed by atoms with Crippen LogP contribution in [0.2, 0.25) is 0 Å². The Kier molecular flexibility index (Phi) is 11.9. The van der Waals surface area contributed by atoms with Gasteiger partial charge in [-0.2, -0.15) is 13.9 Å². The number of alkyl halides is 2. The summed E-state index contributed by atoms with van der Waals surface area (Å²) in [7, 11) is 0.429. The minimum Gasteiger partial charge on any atom is -0.432 e. The summed E-state index contributed by atoms with van der Waals surface area (Å²) < 4.78 is 46.2. The lowest BCUT2D eigenvalue weighted by molar-refractivity contribution is -0.120. The van der Waals surface area contributed by atoms with Gasteiger partial charge in [-0.25, -0.2) is 23.3 Å². The molecule has 56 heavy (non-hydrogen) atoms. The highest BCUT2D eigenvalue weighted by Crippen LogP contribution is 2.33. The molecule has 3 aliphatic rings. The Labute approximate surface area is 324 Å². The summed E-state index contributed by atoms with van der Waals surface area (Å²) >= 11 is 0. The van der Waals surface area contributed by atoms with Gasteiger partial charge in [-0.3, -0.25) is 24.6 Å². The van der Waals surface area contributed by atoms with Crippen LogP contribution in [-0.4, -0.2) is 108 Å². The Morgan fingerprint density at radius 3 is 2.48 bits per heavy atom. The van der Waals surface area contributed by atoms with Crippen LogP contribution < -0.4 is 20.3 Å². The van der Waals surface area contributed by atoms with Crippen LogP contribution in [0, 0.1) is 10.8 Å². The van der Waals surface area contributed by atoms with E-state index in [-0.39, 0.29) is 29.8 Å². The molecule has 2 aromatic heterocycles. The lowest BCUT2D eigenvalue weighted by atomic mass is 9.89. The molecule has 18 heteroatoms. The predicted octanol–water partition coefficient (Wildman–Crippen LogP) is 4.83. The number of aryl methyl sites for hydroxylation is 1. The molecule has 3 saturated heterocycles. The van der Waals surface area contributed by atoms with Gasteiger partial charge in [0.15, 0.2) is 11.6 Å². The molecule has 5 heterocycles. The molecule has 4 N–H and O–H groups in total. The number of hydrogen-bond donors (Lipinski definition) is 4. The molecule has 0 radical (unpaired) electrons. The number of imide groups is 1. The number of aromatic nitrogens is 4. The minimum absolute atomic E-state index is 0.0288. The molecule has 15 nitrogen and oxygen atoms in total. The standard InChI is InChI=1S/C38H43F2N11O4S/c1-48-33-20-25(5-7-31(33)35(47-48)51-18-13-34(52)46-38(51)53)24-9-14-49(15-10-24)23-27(41)6-8-32(42)26-3-2-4-30(19-26)56(54)50-16-11-28(12-17-50)45-37-43-21-29(22-44-37)55-36(39)40/h2-8,19-22,24,28,36,41-42H,9-18,23H2,1H3,(H,43,44,45)(H,46,52,53)/b8-6-,41-27?,42-32?. The Morgan fingerprint density at radius 2 is 1.77 bits per heavy atom. The molecule has 0 bridgehead atoms. The molecule has 0 saturated carbocycles. The van der Waals surface area contributed by atoms with E-state index in [0.717, 1.165) is 36.8 Å². The van der Waals surface area contributed by atoms with Crippen molar-refractivity contribution in [3.05, 3.63) is 78.1 Å². The normalized spacial score (nSPS) is 18.5. The zero-order chi connectivity index (χ0) is 39.3. The van der Waals surface area contributed by atoms with Gasteiger partial charge in [0, 0.05) is 62.4 Å². The molecule has 1 atom stereocenters. The van der Waals surface area contributed by atoms with Crippen LogP contribution in [0.1, 0.15) is 49.1 Å². The van der Waals surface area contributed by atoms with Crippen LogP contribution in [0.5, 0.6) is 5.75 Å². The van der Waals surface area contributed by atoms with Crippen molar-refractivity contribution in [2.45, 2.75) is 55.6 Å². The first-order chi connectivity index (χ1) is 27.0. The van der Waals surface area contributed by atoms with E-state index in [0.29, 0.717) is 72.9 Å². The lowest BCUT2D eigenvalue weighted by Crippen LogP contribution is -2.49. The van der Waals surface area contributed by atoms with Gasteiger partial charge in [0.05, 0.1) is 28.5 Å². The molecule has 7 rings (SSSR count). The van der Waals surface area contributed by atoms with Gasteiger partial charge in [-0.05, 0) is 86.7 Å². The first kappa shape index (κ1) is 38.8. The number of rotatable bonds is 13. The third kappa shape index (κ3) is 9.14. The van der Waals surface area contributed by atoms with E-state index >= 15 is 0 Å². The van der Waals surface area contributed by atoms with Crippen LogP contribution in [0.4, 0.5) is 25.3 Å². The smallest absolute Gasteiger partial charge is 0.387 e. The van der Waals surface area contributed by atoms with Gasteiger partial charge >= 0.3 is 12.6 Å². The quantitative estimate of drug-likeness (QED) is 0.138. The zero-order valence-electron chi connectivity index (χ0n) is 30.8. The number of hydrogen-bond acceptors (Lipinski definition) is 11. The van der Waals surface area contributed by atoms with E-state index in [1.165, 1.54) is 22.9 Å². The molecule has 0 spiro atoms. The fraction of sp³-hybridized carbons (Fsp3) is 0.395. The Hall–Kier alpha value is -5.46. The molecular weight excluding hydrogens is 745 g/mol. The minimum atomic E-state index is -2.94. The largest absolute Gasteiger partial charge is 0.432 e. The number of halogens is 2. The summed E-state index contributed by atoms with van der Waals surface area (Å²) in [6.45, 7) is 0.590. The topological polar surface area (TPSA) is 186 Å². The third-order valence-electron chi connectivity index (χ3n) is 10.3. The van der Waals surface area contributed by atoms with Crippen LogP contribution >= 0.6 is 0 Å². The molecular formula is C38H43F2N11O4S. The van der Waals surface area contributed by atoms with E-state index in [9.17, 15) is 22.6 Å². The summed E-state index contributed by atoms with van der Waals surface area (Å²) in [5, 5.41) is 28.3. The number of carbonyl (C=O) groups is 2. The van der Waals surface area contributed by atoms with Crippen LogP contribution in [0.3, 0.4) is 0 Å². The fourth-order valence-electron chi connectivity index (χ4n) is 7.30. The maximum absolute atomic E-state index is 13.5. The first-order valence-electron chi connectivity index (χ1n) is 18.5. The number of fused-ring (bicyclic) bond motifs is 1. The Balaban J connectivity index is 0.867. The number of nitrogens with one attached hydrogen (secondary N) is 4. The highest BCUT2D eigenvalue weighted by molar-refractivity contribution is 7.82.